The fraction of sp³-hybridized carbons (Fsp3) is 0.600. The molecule has 0 aliphatic carbocycles. The van der Waals surface area contributed by atoms with E-state index in [4.69, 9.17) is 0 Å². The number of likely N-dealkylation sites (N-methyl/N-ethyl adjacent to an activating group) is 1. The molecule has 1 aromatic carbocycles. The molecule has 0 amide bonds. The lowest BCUT2D eigenvalue weighted by atomic mass is 9.98. The second-order valence-corrected chi connectivity index (χ2v) is 4.87. The van der Waals surface area contributed by atoms with Crippen molar-refractivity contribution in [2.24, 2.45) is 0 Å². The minimum atomic E-state index is 0.620. The molecule has 1 aromatic rings. The summed E-state index contributed by atoms with van der Waals surface area (Å²) in [6.45, 7) is 6.72. The molecule has 0 radical (unpaired) electrons. The van der Waals surface area contributed by atoms with E-state index in [0.29, 0.717) is 12.0 Å². The van der Waals surface area contributed by atoms with Gasteiger partial charge in [0, 0.05) is 6.04 Å². The molecule has 0 heterocycles. The Labute approximate surface area is 100 Å². The topological polar surface area (TPSA) is 12.0 Å². The Morgan fingerprint density at radius 3 is 2.19 bits per heavy atom. The van der Waals surface area contributed by atoms with Crippen LogP contribution in [0.4, 0.5) is 0 Å². The minimum absolute atomic E-state index is 0.620. The number of rotatable bonds is 6. The molecule has 0 aliphatic heterocycles. The normalized spacial score (nSPS) is 13.1. The van der Waals surface area contributed by atoms with Crippen LogP contribution in [0.5, 0.6) is 0 Å². The van der Waals surface area contributed by atoms with Crippen LogP contribution in [-0.4, -0.2) is 13.1 Å². The Kier molecular flexibility index (Phi) is 5.54. The molecule has 90 valence electrons. The molecule has 1 rings (SSSR count). The number of hydrogen-bond donors (Lipinski definition) is 1. The van der Waals surface area contributed by atoms with Gasteiger partial charge in [-0.25, -0.2) is 0 Å². The molecule has 0 saturated carbocycles. The third-order valence-electron chi connectivity index (χ3n) is 3.17. The maximum absolute atomic E-state index is 3.39. The van der Waals surface area contributed by atoms with Gasteiger partial charge in [-0.1, -0.05) is 51.5 Å². The van der Waals surface area contributed by atoms with Gasteiger partial charge in [-0.05, 0) is 36.9 Å². The highest BCUT2D eigenvalue weighted by Crippen LogP contribution is 2.16. The third-order valence-corrected chi connectivity index (χ3v) is 3.17. The highest BCUT2D eigenvalue weighted by Gasteiger charge is 2.06. The van der Waals surface area contributed by atoms with E-state index in [-0.39, 0.29) is 0 Å². The average Bonchev–Trinajstić information content (AvgIpc) is 2.29. The SMILES string of the molecule is CCCC(Cc1ccc(C(C)C)cc1)NC. The Morgan fingerprint density at radius 2 is 1.75 bits per heavy atom. The van der Waals surface area contributed by atoms with E-state index in [1.54, 1.807) is 0 Å². The van der Waals surface area contributed by atoms with Crippen LogP contribution in [0.25, 0.3) is 0 Å². The Bertz CT molecular complexity index is 287. The van der Waals surface area contributed by atoms with Crippen molar-refractivity contribution in [1.29, 1.82) is 0 Å². The summed E-state index contributed by atoms with van der Waals surface area (Å²) in [6.07, 6.45) is 3.64. The molecule has 1 nitrogen and oxygen atoms in total. The van der Waals surface area contributed by atoms with Gasteiger partial charge in [0.25, 0.3) is 0 Å². The second kappa shape index (κ2) is 6.70. The van der Waals surface area contributed by atoms with Gasteiger partial charge in [0.2, 0.25) is 0 Å². The summed E-state index contributed by atoms with van der Waals surface area (Å²) in [6, 6.07) is 9.69. The Hall–Kier alpha value is -0.820. The van der Waals surface area contributed by atoms with Crippen LogP contribution >= 0.6 is 0 Å². The molecule has 1 heteroatoms. The van der Waals surface area contributed by atoms with Crippen LogP contribution < -0.4 is 5.32 Å². The van der Waals surface area contributed by atoms with Gasteiger partial charge in [0.05, 0.1) is 0 Å². The third kappa shape index (κ3) is 3.97. The first-order valence-electron chi connectivity index (χ1n) is 6.43. The van der Waals surface area contributed by atoms with Gasteiger partial charge in [0.1, 0.15) is 0 Å². The molecule has 0 aliphatic rings. The molecular formula is C15H25N. The van der Waals surface area contributed by atoms with E-state index in [1.165, 1.54) is 24.0 Å². The summed E-state index contributed by atoms with van der Waals surface area (Å²) in [5.74, 6) is 0.629. The predicted octanol–water partition coefficient (Wildman–Crippen LogP) is 3.74. The predicted molar refractivity (Wildman–Crippen MR) is 72.0 cm³/mol. The molecule has 16 heavy (non-hydrogen) atoms. The maximum atomic E-state index is 3.39. The zero-order valence-electron chi connectivity index (χ0n) is 11.1. The average molecular weight is 219 g/mol. The molecule has 0 spiro atoms. The van der Waals surface area contributed by atoms with E-state index >= 15 is 0 Å². The van der Waals surface area contributed by atoms with Gasteiger partial charge in [-0.3, -0.25) is 0 Å². The van der Waals surface area contributed by atoms with E-state index in [9.17, 15) is 0 Å². The monoisotopic (exact) mass is 219 g/mol. The van der Waals surface area contributed by atoms with Crippen molar-refractivity contribution < 1.29 is 0 Å². The van der Waals surface area contributed by atoms with Crippen molar-refractivity contribution in [3.63, 3.8) is 0 Å². The van der Waals surface area contributed by atoms with Gasteiger partial charge in [0.15, 0.2) is 0 Å². The minimum Gasteiger partial charge on any atom is -0.317 e. The van der Waals surface area contributed by atoms with E-state index in [2.05, 4.69) is 57.4 Å². The summed E-state index contributed by atoms with van der Waals surface area (Å²) in [7, 11) is 2.06. The smallest absolute Gasteiger partial charge is 0.0104 e. The van der Waals surface area contributed by atoms with Crippen LogP contribution in [-0.2, 0) is 6.42 Å². The summed E-state index contributed by atoms with van der Waals surface area (Å²) in [4.78, 5) is 0. The zero-order valence-corrected chi connectivity index (χ0v) is 11.1. The molecular weight excluding hydrogens is 194 g/mol. The largest absolute Gasteiger partial charge is 0.317 e. The first-order chi connectivity index (χ1) is 7.67. The quantitative estimate of drug-likeness (QED) is 0.768. The van der Waals surface area contributed by atoms with Crippen molar-refractivity contribution in [2.45, 2.75) is 52.0 Å². The molecule has 0 fully saturated rings. The maximum Gasteiger partial charge on any atom is 0.0104 e. The van der Waals surface area contributed by atoms with Crippen molar-refractivity contribution in [1.82, 2.24) is 5.32 Å². The number of hydrogen-bond acceptors (Lipinski definition) is 1. The van der Waals surface area contributed by atoms with Gasteiger partial charge >= 0.3 is 0 Å². The number of benzene rings is 1. The van der Waals surface area contributed by atoms with Crippen LogP contribution in [0, 0.1) is 0 Å². The second-order valence-electron chi connectivity index (χ2n) is 4.87. The molecule has 1 unspecified atom stereocenters. The lowest BCUT2D eigenvalue weighted by Gasteiger charge is -2.15. The lowest BCUT2D eigenvalue weighted by Crippen LogP contribution is -2.27. The first-order valence-corrected chi connectivity index (χ1v) is 6.43. The lowest BCUT2D eigenvalue weighted by molar-refractivity contribution is 0.514. The Morgan fingerprint density at radius 1 is 1.12 bits per heavy atom. The summed E-state index contributed by atoms with van der Waals surface area (Å²) in [5, 5.41) is 3.39. The summed E-state index contributed by atoms with van der Waals surface area (Å²) in [5.41, 5.74) is 2.87. The van der Waals surface area contributed by atoms with Crippen LogP contribution in [0.15, 0.2) is 24.3 Å². The van der Waals surface area contributed by atoms with Crippen molar-refractivity contribution in [3.05, 3.63) is 35.4 Å². The van der Waals surface area contributed by atoms with Gasteiger partial charge < -0.3 is 5.32 Å². The van der Waals surface area contributed by atoms with Gasteiger partial charge in [-0.2, -0.15) is 0 Å². The van der Waals surface area contributed by atoms with Crippen molar-refractivity contribution in [3.8, 4) is 0 Å². The fourth-order valence-electron chi connectivity index (χ4n) is 2.02. The summed E-state index contributed by atoms with van der Waals surface area (Å²) < 4.78 is 0. The summed E-state index contributed by atoms with van der Waals surface area (Å²) >= 11 is 0. The van der Waals surface area contributed by atoms with Crippen LogP contribution in [0.1, 0.15) is 50.7 Å². The highest BCUT2D eigenvalue weighted by molar-refractivity contribution is 5.25. The van der Waals surface area contributed by atoms with E-state index in [0.717, 1.165) is 6.42 Å². The van der Waals surface area contributed by atoms with E-state index < -0.39 is 0 Å². The number of nitrogens with one attached hydrogen (secondary N) is 1. The molecule has 1 N–H and O–H groups in total. The standard InChI is InChI=1S/C15H25N/c1-5-6-15(16-4)11-13-7-9-14(10-8-13)12(2)3/h7-10,12,15-16H,5-6,11H2,1-4H3. The Balaban J connectivity index is 2.60. The highest BCUT2D eigenvalue weighted by atomic mass is 14.9. The molecule has 0 bridgehead atoms. The van der Waals surface area contributed by atoms with Gasteiger partial charge in [-0.15, -0.1) is 0 Å². The van der Waals surface area contributed by atoms with Crippen molar-refractivity contribution >= 4 is 0 Å². The van der Waals surface area contributed by atoms with E-state index in [1.807, 2.05) is 0 Å². The van der Waals surface area contributed by atoms with Crippen LogP contribution in [0.2, 0.25) is 0 Å². The van der Waals surface area contributed by atoms with Crippen LogP contribution in [0.3, 0.4) is 0 Å². The first kappa shape index (κ1) is 13.2. The molecule has 0 saturated heterocycles. The zero-order chi connectivity index (χ0) is 12.0. The molecule has 0 aromatic heterocycles. The fourth-order valence-corrected chi connectivity index (χ4v) is 2.02. The van der Waals surface area contributed by atoms with Crippen molar-refractivity contribution in [2.75, 3.05) is 7.05 Å². The molecule has 1 atom stereocenters.